The van der Waals surface area contributed by atoms with E-state index in [2.05, 4.69) is 22.8 Å². The van der Waals surface area contributed by atoms with Crippen LogP contribution >= 0.6 is 22.9 Å². The fraction of sp³-hybridized carbons (Fsp3) is 0.133. The van der Waals surface area contributed by atoms with Gasteiger partial charge in [0.05, 0.1) is 10.6 Å². The van der Waals surface area contributed by atoms with Gasteiger partial charge >= 0.3 is 0 Å². The zero-order chi connectivity index (χ0) is 13.5. The Bertz CT molecular complexity index is 762. The molecule has 100 valence electrons. The van der Waals surface area contributed by atoms with Crippen LogP contribution in [0.3, 0.4) is 0 Å². The van der Waals surface area contributed by atoms with E-state index >= 15 is 0 Å². The molecule has 3 aromatic rings. The van der Waals surface area contributed by atoms with Crippen molar-refractivity contribution in [1.82, 2.24) is 9.78 Å². The first-order valence-electron chi connectivity index (χ1n) is 6.48. The van der Waals surface area contributed by atoms with Crippen molar-refractivity contribution in [3.05, 3.63) is 52.4 Å². The van der Waals surface area contributed by atoms with Gasteiger partial charge in [-0.05, 0) is 36.1 Å². The van der Waals surface area contributed by atoms with Gasteiger partial charge in [-0.15, -0.1) is 11.3 Å². The average molecular weight is 302 g/mol. The minimum atomic E-state index is 0.724. The van der Waals surface area contributed by atoms with Crippen LogP contribution in [0.1, 0.15) is 5.56 Å². The number of rotatable bonds is 2. The average Bonchev–Trinajstić information content (AvgIpc) is 3.15. The summed E-state index contributed by atoms with van der Waals surface area (Å²) in [6.45, 7) is 0.964. The van der Waals surface area contributed by atoms with Gasteiger partial charge in [-0.3, -0.25) is 0 Å². The predicted molar refractivity (Wildman–Crippen MR) is 84.1 cm³/mol. The molecule has 0 radical (unpaired) electrons. The summed E-state index contributed by atoms with van der Waals surface area (Å²) >= 11 is 7.82. The highest BCUT2D eigenvalue weighted by atomic mass is 35.5. The van der Waals surface area contributed by atoms with Crippen molar-refractivity contribution in [2.45, 2.75) is 6.42 Å². The Morgan fingerprint density at radius 2 is 2.20 bits per heavy atom. The van der Waals surface area contributed by atoms with Crippen molar-refractivity contribution in [2.24, 2.45) is 0 Å². The van der Waals surface area contributed by atoms with Crippen molar-refractivity contribution in [3.63, 3.8) is 0 Å². The maximum absolute atomic E-state index is 6.09. The molecule has 0 amide bonds. The van der Waals surface area contributed by atoms with Gasteiger partial charge in [0.25, 0.3) is 0 Å². The van der Waals surface area contributed by atoms with E-state index in [0.717, 1.165) is 35.2 Å². The van der Waals surface area contributed by atoms with Crippen LogP contribution in [-0.4, -0.2) is 16.3 Å². The molecule has 0 fully saturated rings. The highest BCUT2D eigenvalue weighted by molar-refractivity contribution is 7.13. The smallest absolute Gasteiger partial charge is 0.133 e. The number of aromatic nitrogens is 2. The summed E-state index contributed by atoms with van der Waals surface area (Å²) in [5.41, 5.74) is 3.37. The van der Waals surface area contributed by atoms with Crippen molar-refractivity contribution in [3.8, 4) is 16.3 Å². The van der Waals surface area contributed by atoms with E-state index in [0.29, 0.717) is 0 Å². The molecule has 0 saturated heterocycles. The molecule has 0 unspecified atom stereocenters. The Hall–Kier alpha value is -1.78. The number of nitrogens with zero attached hydrogens (tertiary/aromatic N) is 2. The minimum Gasteiger partial charge on any atom is -0.369 e. The molecule has 0 saturated carbocycles. The molecule has 20 heavy (non-hydrogen) atoms. The molecule has 3 heterocycles. The second-order valence-electron chi connectivity index (χ2n) is 4.72. The van der Waals surface area contributed by atoms with E-state index in [4.69, 9.17) is 16.7 Å². The number of hydrogen-bond acceptors (Lipinski definition) is 3. The fourth-order valence-electron chi connectivity index (χ4n) is 2.58. The van der Waals surface area contributed by atoms with Crippen molar-refractivity contribution in [2.75, 3.05) is 11.9 Å². The summed E-state index contributed by atoms with van der Waals surface area (Å²) in [6, 6.07) is 12.0. The standard InChI is InChI=1S/C15H12ClN3S/c16-10-3-1-4-11(9-10)19-15-12(6-7-17-15)14(18-19)13-5-2-8-20-13/h1-5,8-9,17H,6-7H2. The van der Waals surface area contributed by atoms with E-state index in [1.807, 2.05) is 28.9 Å². The lowest BCUT2D eigenvalue weighted by Gasteiger charge is -2.06. The molecule has 1 aliphatic heterocycles. The van der Waals surface area contributed by atoms with Crippen LogP contribution in [0.5, 0.6) is 0 Å². The summed E-state index contributed by atoms with van der Waals surface area (Å²) < 4.78 is 1.96. The normalized spacial score (nSPS) is 13.2. The van der Waals surface area contributed by atoms with Crippen LogP contribution in [0.2, 0.25) is 5.02 Å². The highest BCUT2D eigenvalue weighted by Crippen LogP contribution is 2.36. The minimum absolute atomic E-state index is 0.724. The first kappa shape index (κ1) is 12.0. The number of benzene rings is 1. The van der Waals surface area contributed by atoms with Crippen LogP contribution in [0.4, 0.5) is 5.82 Å². The van der Waals surface area contributed by atoms with Crippen LogP contribution < -0.4 is 5.32 Å². The van der Waals surface area contributed by atoms with Crippen molar-refractivity contribution < 1.29 is 0 Å². The zero-order valence-electron chi connectivity index (χ0n) is 10.6. The lowest BCUT2D eigenvalue weighted by Crippen LogP contribution is -2.04. The molecular weight excluding hydrogens is 290 g/mol. The molecule has 0 spiro atoms. The number of anilines is 1. The van der Waals surface area contributed by atoms with Gasteiger partial charge in [0.2, 0.25) is 0 Å². The Morgan fingerprint density at radius 3 is 3.00 bits per heavy atom. The van der Waals surface area contributed by atoms with Gasteiger partial charge in [0, 0.05) is 17.1 Å². The lowest BCUT2D eigenvalue weighted by molar-refractivity contribution is 0.883. The summed E-state index contributed by atoms with van der Waals surface area (Å²) in [6.07, 6.45) is 1.02. The maximum atomic E-state index is 6.09. The summed E-state index contributed by atoms with van der Waals surface area (Å²) in [4.78, 5) is 1.21. The number of hydrogen-bond donors (Lipinski definition) is 1. The van der Waals surface area contributed by atoms with E-state index in [1.165, 1.54) is 10.4 Å². The third-order valence-corrected chi connectivity index (χ3v) is 4.57. The van der Waals surface area contributed by atoms with E-state index < -0.39 is 0 Å². The van der Waals surface area contributed by atoms with E-state index in [-0.39, 0.29) is 0 Å². The Morgan fingerprint density at radius 1 is 1.25 bits per heavy atom. The zero-order valence-corrected chi connectivity index (χ0v) is 12.2. The number of fused-ring (bicyclic) bond motifs is 1. The molecule has 0 atom stereocenters. The Balaban J connectivity index is 1.92. The molecule has 1 aromatic carbocycles. The Labute approximate surface area is 125 Å². The summed E-state index contributed by atoms with van der Waals surface area (Å²) in [5.74, 6) is 1.09. The second-order valence-corrected chi connectivity index (χ2v) is 6.11. The van der Waals surface area contributed by atoms with Gasteiger partial charge in [0.1, 0.15) is 11.5 Å². The van der Waals surface area contributed by atoms with Gasteiger partial charge in [-0.2, -0.15) is 5.10 Å². The molecule has 1 N–H and O–H groups in total. The first-order valence-corrected chi connectivity index (χ1v) is 7.74. The fourth-order valence-corrected chi connectivity index (χ4v) is 3.50. The van der Waals surface area contributed by atoms with Crippen molar-refractivity contribution in [1.29, 1.82) is 0 Å². The molecule has 0 bridgehead atoms. The van der Waals surface area contributed by atoms with Crippen molar-refractivity contribution >= 4 is 28.8 Å². The van der Waals surface area contributed by atoms with Gasteiger partial charge in [0.15, 0.2) is 0 Å². The van der Waals surface area contributed by atoms with Gasteiger partial charge < -0.3 is 5.32 Å². The quantitative estimate of drug-likeness (QED) is 0.768. The van der Waals surface area contributed by atoms with Crippen LogP contribution in [-0.2, 0) is 6.42 Å². The third-order valence-electron chi connectivity index (χ3n) is 3.46. The summed E-state index contributed by atoms with van der Waals surface area (Å²) in [5, 5.41) is 11.0. The maximum Gasteiger partial charge on any atom is 0.133 e. The molecule has 5 heteroatoms. The number of thiophene rings is 1. The largest absolute Gasteiger partial charge is 0.369 e. The first-order chi connectivity index (χ1) is 9.83. The van der Waals surface area contributed by atoms with E-state index in [1.54, 1.807) is 11.3 Å². The molecule has 2 aromatic heterocycles. The number of halogens is 1. The summed E-state index contributed by atoms with van der Waals surface area (Å²) in [7, 11) is 0. The van der Waals surface area contributed by atoms with Gasteiger partial charge in [-0.25, -0.2) is 4.68 Å². The lowest BCUT2D eigenvalue weighted by atomic mass is 10.2. The molecule has 0 aliphatic carbocycles. The van der Waals surface area contributed by atoms with Crippen LogP contribution in [0.25, 0.3) is 16.3 Å². The topological polar surface area (TPSA) is 29.9 Å². The SMILES string of the molecule is Clc1cccc(-n2nc(-c3cccs3)c3c2NCC3)c1. The molecular formula is C15H12ClN3S. The van der Waals surface area contributed by atoms with E-state index in [9.17, 15) is 0 Å². The molecule has 4 rings (SSSR count). The Kier molecular flexibility index (Phi) is 2.79. The highest BCUT2D eigenvalue weighted by Gasteiger charge is 2.24. The van der Waals surface area contributed by atoms with Crippen LogP contribution in [0.15, 0.2) is 41.8 Å². The second kappa shape index (κ2) is 4.65. The molecule has 3 nitrogen and oxygen atoms in total. The third kappa shape index (κ3) is 1.84. The molecule has 1 aliphatic rings. The van der Waals surface area contributed by atoms with Gasteiger partial charge in [-0.1, -0.05) is 23.7 Å². The predicted octanol–water partition coefficient (Wildman–Crippen LogP) is 4.22. The number of nitrogens with one attached hydrogen (secondary N) is 1. The monoisotopic (exact) mass is 301 g/mol. The van der Waals surface area contributed by atoms with Crippen LogP contribution in [0, 0.1) is 0 Å².